The van der Waals surface area contributed by atoms with Crippen molar-refractivity contribution in [1.29, 1.82) is 0 Å². The van der Waals surface area contributed by atoms with Gasteiger partial charge in [0.2, 0.25) is 0 Å². The van der Waals surface area contributed by atoms with Crippen LogP contribution in [0.3, 0.4) is 0 Å². The lowest BCUT2D eigenvalue weighted by atomic mass is 10.0. The fraction of sp³-hybridized carbons (Fsp3) is 0.350. The zero-order chi connectivity index (χ0) is 18.8. The van der Waals surface area contributed by atoms with Gasteiger partial charge in [-0.2, -0.15) is 0 Å². The minimum absolute atomic E-state index is 0.251. The Hall–Kier alpha value is -2.63. The van der Waals surface area contributed by atoms with Gasteiger partial charge in [0.05, 0.1) is 0 Å². The smallest absolute Gasteiger partial charge is 0.321 e. The Morgan fingerprint density at radius 1 is 0.923 bits per heavy atom. The molecule has 1 heterocycles. The number of benzene rings is 2. The molecule has 1 fully saturated rings. The number of urea groups is 1. The van der Waals surface area contributed by atoms with Crippen molar-refractivity contribution in [2.45, 2.75) is 20.8 Å². The van der Waals surface area contributed by atoms with Crippen LogP contribution in [0.4, 0.5) is 25.0 Å². The van der Waals surface area contributed by atoms with Crippen LogP contribution in [0, 0.1) is 32.4 Å². The second-order valence-corrected chi connectivity index (χ2v) is 6.78. The Bertz CT molecular complexity index is 807. The molecule has 0 aliphatic carbocycles. The van der Waals surface area contributed by atoms with Gasteiger partial charge in [-0.3, -0.25) is 0 Å². The first-order valence-corrected chi connectivity index (χ1v) is 8.69. The molecule has 0 unspecified atom stereocenters. The zero-order valence-electron chi connectivity index (χ0n) is 15.3. The molecule has 1 N–H and O–H groups in total. The van der Waals surface area contributed by atoms with Crippen LogP contribution in [-0.2, 0) is 0 Å². The zero-order valence-corrected chi connectivity index (χ0v) is 15.3. The van der Waals surface area contributed by atoms with E-state index >= 15 is 0 Å². The van der Waals surface area contributed by atoms with Crippen LogP contribution >= 0.6 is 0 Å². The van der Waals surface area contributed by atoms with Crippen molar-refractivity contribution in [3.05, 3.63) is 58.7 Å². The molecular weight excluding hydrogens is 336 g/mol. The minimum Gasteiger partial charge on any atom is -0.368 e. The number of hydrogen-bond acceptors (Lipinski definition) is 2. The molecule has 0 aromatic heterocycles. The number of aryl methyl sites for hydroxylation is 3. The summed E-state index contributed by atoms with van der Waals surface area (Å²) in [6.07, 6.45) is 0. The maximum atomic E-state index is 13.3. The molecule has 0 atom stereocenters. The van der Waals surface area contributed by atoms with Crippen LogP contribution in [0.5, 0.6) is 0 Å². The van der Waals surface area contributed by atoms with Crippen LogP contribution < -0.4 is 10.2 Å². The fourth-order valence-corrected chi connectivity index (χ4v) is 3.58. The standard InChI is InChI=1S/C20H23F2N3O/c1-13-10-14(2)19(15(3)11-13)24-6-8-25(9-7-24)20(26)23-16-4-5-17(21)18(22)12-16/h4-5,10-12H,6-9H2,1-3H3,(H,23,26). The number of amides is 2. The number of carbonyl (C=O) groups excluding carboxylic acids is 1. The summed E-state index contributed by atoms with van der Waals surface area (Å²) >= 11 is 0. The fourth-order valence-electron chi connectivity index (χ4n) is 3.58. The predicted octanol–water partition coefficient (Wildman–Crippen LogP) is 4.24. The van der Waals surface area contributed by atoms with Gasteiger partial charge in [-0.15, -0.1) is 0 Å². The molecule has 6 heteroatoms. The summed E-state index contributed by atoms with van der Waals surface area (Å²) in [5.74, 6) is -1.90. The molecule has 3 rings (SSSR count). The van der Waals surface area contributed by atoms with Gasteiger partial charge in [0.1, 0.15) is 0 Å². The highest BCUT2D eigenvalue weighted by Crippen LogP contribution is 2.27. The Morgan fingerprint density at radius 2 is 1.54 bits per heavy atom. The molecule has 2 aromatic rings. The third-order valence-electron chi connectivity index (χ3n) is 4.69. The van der Waals surface area contributed by atoms with Crippen molar-refractivity contribution < 1.29 is 13.6 Å². The third-order valence-corrected chi connectivity index (χ3v) is 4.69. The van der Waals surface area contributed by atoms with Gasteiger partial charge in [0.25, 0.3) is 0 Å². The van der Waals surface area contributed by atoms with Crippen LogP contribution in [-0.4, -0.2) is 37.1 Å². The number of piperazine rings is 1. The number of hydrogen-bond donors (Lipinski definition) is 1. The number of halogens is 2. The van der Waals surface area contributed by atoms with E-state index in [9.17, 15) is 13.6 Å². The molecule has 1 aliphatic rings. The van der Waals surface area contributed by atoms with Gasteiger partial charge in [-0.1, -0.05) is 17.7 Å². The van der Waals surface area contributed by atoms with Crippen LogP contribution in [0.1, 0.15) is 16.7 Å². The van der Waals surface area contributed by atoms with Crippen LogP contribution in [0.25, 0.3) is 0 Å². The molecule has 1 aliphatic heterocycles. The molecule has 26 heavy (non-hydrogen) atoms. The monoisotopic (exact) mass is 359 g/mol. The van der Waals surface area contributed by atoms with Crippen molar-refractivity contribution >= 4 is 17.4 Å². The largest absolute Gasteiger partial charge is 0.368 e. The van der Waals surface area contributed by atoms with E-state index in [1.807, 2.05) is 0 Å². The lowest BCUT2D eigenvalue weighted by Gasteiger charge is -2.37. The SMILES string of the molecule is Cc1cc(C)c(N2CCN(C(=O)Nc3ccc(F)c(F)c3)CC2)c(C)c1. The molecular formula is C20H23F2N3O. The molecule has 0 saturated carbocycles. The number of nitrogens with one attached hydrogen (secondary N) is 1. The van der Waals surface area contributed by atoms with Gasteiger partial charge in [-0.05, 0) is 44.0 Å². The topological polar surface area (TPSA) is 35.6 Å². The summed E-state index contributed by atoms with van der Waals surface area (Å²) in [7, 11) is 0. The van der Waals surface area contributed by atoms with Gasteiger partial charge in [0.15, 0.2) is 11.6 Å². The van der Waals surface area contributed by atoms with Crippen molar-refractivity contribution in [2.24, 2.45) is 0 Å². The summed E-state index contributed by atoms with van der Waals surface area (Å²) in [6.45, 7) is 8.91. The second kappa shape index (κ2) is 7.32. The maximum absolute atomic E-state index is 13.3. The molecule has 0 bridgehead atoms. The van der Waals surface area contributed by atoms with E-state index in [2.05, 4.69) is 43.1 Å². The lowest BCUT2D eigenvalue weighted by molar-refractivity contribution is 0.208. The average Bonchev–Trinajstić information content (AvgIpc) is 2.58. The summed E-state index contributed by atoms with van der Waals surface area (Å²) in [6, 6.07) is 7.39. The Morgan fingerprint density at radius 3 is 2.12 bits per heavy atom. The summed E-state index contributed by atoms with van der Waals surface area (Å²) in [4.78, 5) is 16.4. The lowest BCUT2D eigenvalue weighted by Crippen LogP contribution is -2.50. The van der Waals surface area contributed by atoms with Gasteiger partial charge >= 0.3 is 6.03 Å². The first-order valence-electron chi connectivity index (χ1n) is 8.69. The molecule has 2 aromatic carbocycles. The van der Waals surface area contributed by atoms with E-state index in [0.29, 0.717) is 13.1 Å². The van der Waals surface area contributed by atoms with Crippen molar-refractivity contribution in [1.82, 2.24) is 4.90 Å². The predicted molar refractivity (Wildman–Crippen MR) is 99.8 cm³/mol. The first-order chi connectivity index (χ1) is 12.3. The third kappa shape index (κ3) is 3.79. The van der Waals surface area contributed by atoms with Gasteiger partial charge < -0.3 is 15.1 Å². The maximum Gasteiger partial charge on any atom is 0.321 e. The van der Waals surface area contributed by atoms with E-state index in [1.54, 1.807) is 4.90 Å². The van der Waals surface area contributed by atoms with E-state index < -0.39 is 11.6 Å². The van der Waals surface area contributed by atoms with Gasteiger partial charge in [0, 0.05) is 43.6 Å². The average molecular weight is 359 g/mol. The summed E-state index contributed by atoms with van der Waals surface area (Å²) in [5, 5.41) is 2.63. The number of anilines is 2. The second-order valence-electron chi connectivity index (χ2n) is 6.78. The van der Waals surface area contributed by atoms with Crippen molar-refractivity contribution in [3.8, 4) is 0 Å². The first kappa shape index (κ1) is 18.2. The highest BCUT2D eigenvalue weighted by molar-refractivity contribution is 5.89. The molecule has 4 nitrogen and oxygen atoms in total. The van der Waals surface area contributed by atoms with E-state index in [1.165, 1.54) is 28.4 Å². The number of rotatable bonds is 2. The number of carbonyl (C=O) groups is 1. The number of nitrogens with zero attached hydrogens (tertiary/aromatic N) is 2. The summed E-state index contributed by atoms with van der Waals surface area (Å²) in [5.41, 5.74) is 5.20. The molecule has 138 valence electrons. The van der Waals surface area contributed by atoms with Crippen molar-refractivity contribution in [3.63, 3.8) is 0 Å². The minimum atomic E-state index is -0.974. The summed E-state index contributed by atoms with van der Waals surface area (Å²) < 4.78 is 26.2. The van der Waals surface area contributed by atoms with Crippen molar-refractivity contribution in [2.75, 3.05) is 36.4 Å². The molecule has 1 saturated heterocycles. The Kier molecular flexibility index (Phi) is 5.11. The normalized spacial score (nSPS) is 14.5. The molecule has 2 amide bonds. The highest BCUT2D eigenvalue weighted by atomic mass is 19.2. The highest BCUT2D eigenvalue weighted by Gasteiger charge is 2.23. The van der Waals surface area contributed by atoms with E-state index in [4.69, 9.17) is 0 Å². The van der Waals surface area contributed by atoms with Crippen LogP contribution in [0.2, 0.25) is 0 Å². The van der Waals surface area contributed by atoms with Gasteiger partial charge in [-0.25, -0.2) is 13.6 Å². The quantitative estimate of drug-likeness (QED) is 0.870. The van der Waals surface area contributed by atoms with Crippen LogP contribution in [0.15, 0.2) is 30.3 Å². The Balaban J connectivity index is 1.63. The Labute approximate surface area is 152 Å². The van der Waals surface area contributed by atoms with E-state index in [-0.39, 0.29) is 11.7 Å². The molecule has 0 radical (unpaired) electrons. The molecule has 0 spiro atoms. The van der Waals surface area contributed by atoms with E-state index in [0.717, 1.165) is 25.2 Å².